The number of carbonyl (C=O) groups excluding carboxylic acids is 2. The van der Waals surface area contributed by atoms with E-state index in [-0.39, 0.29) is 17.9 Å². The van der Waals surface area contributed by atoms with E-state index in [9.17, 15) is 9.59 Å². The third-order valence-electron chi connectivity index (χ3n) is 3.35. The van der Waals surface area contributed by atoms with Crippen LogP contribution in [0.4, 0.5) is 0 Å². The molecule has 0 N–H and O–H groups in total. The Labute approximate surface area is 107 Å². The average Bonchev–Trinajstić information content (AvgIpc) is 2.40. The molecular formula is C15H18O3. The van der Waals surface area contributed by atoms with Gasteiger partial charge >= 0.3 is 5.97 Å². The molecule has 2 rings (SSSR count). The molecule has 0 amide bonds. The number of Topliss-reactive ketones (excluding diaryl/α,β-unsaturated/α-hetero) is 1. The maximum absolute atomic E-state index is 12.1. The first-order valence-corrected chi connectivity index (χ1v) is 6.49. The molecule has 3 heteroatoms. The first kappa shape index (κ1) is 12.8. The van der Waals surface area contributed by atoms with Crippen LogP contribution < -0.4 is 0 Å². The fourth-order valence-electron chi connectivity index (χ4n) is 2.37. The molecule has 3 nitrogen and oxygen atoms in total. The van der Waals surface area contributed by atoms with Gasteiger partial charge in [0.2, 0.25) is 0 Å². The molecule has 0 bridgehead atoms. The molecule has 0 spiro atoms. The number of rotatable bonds is 3. The topological polar surface area (TPSA) is 43.4 Å². The molecule has 1 aliphatic rings. The van der Waals surface area contributed by atoms with E-state index in [2.05, 4.69) is 0 Å². The standard InChI is InChI=1S/C15H18O3/c1-11(16)13-9-5-6-10-14(13)15(17)18-12-7-3-2-4-8-12/h5-6,9-10,12H,2-4,7-8H2,1H3. The van der Waals surface area contributed by atoms with Crippen LogP contribution in [0.2, 0.25) is 0 Å². The SMILES string of the molecule is CC(=O)c1ccccc1C(=O)OC1CCCCC1. The molecule has 0 aromatic heterocycles. The number of carbonyl (C=O) groups is 2. The minimum atomic E-state index is -0.368. The van der Waals surface area contributed by atoms with Crippen LogP contribution in [0.3, 0.4) is 0 Å². The van der Waals surface area contributed by atoms with E-state index in [1.807, 2.05) is 0 Å². The first-order valence-electron chi connectivity index (χ1n) is 6.49. The maximum Gasteiger partial charge on any atom is 0.339 e. The molecule has 0 aliphatic heterocycles. The van der Waals surface area contributed by atoms with E-state index in [1.165, 1.54) is 13.3 Å². The third-order valence-corrected chi connectivity index (χ3v) is 3.35. The summed E-state index contributed by atoms with van der Waals surface area (Å²) in [6.07, 6.45) is 5.35. The summed E-state index contributed by atoms with van der Waals surface area (Å²) in [6, 6.07) is 6.83. The van der Waals surface area contributed by atoms with Crippen molar-refractivity contribution in [2.45, 2.75) is 45.1 Å². The Balaban J connectivity index is 2.10. The summed E-state index contributed by atoms with van der Waals surface area (Å²) in [5.41, 5.74) is 0.828. The number of hydrogen-bond donors (Lipinski definition) is 0. The van der Waals surface area contributed by atoms with E-state index in [1.54, 1.807) is 24.3 Å². The van der Waals surface area contributed by atoms with Crippen LogP contribution in [-0.2, 0) is 4.74 Å². The molecule has 1 aromatic rings. The van der Waals surface area contributed by atoms with Gasteiger partial charge < -0.3 is 4.74 Å². The van der Waals surface area contributed by atoms with Crippen molar-refractivity contribution in [3.8, 4) is 0 Å². The Morgan fingerprint density at radius 3 is 2.28 bits per heavy atom. The zero-order chi connectivity index (χ0) is 13.0. The highest BCUT2D eigenvalue weighted by atomic mass is 16.5. The highest BCUT2D eigenvalue weighted by Crippen LogP contribution is 2.22. The number of ketones is 1. The van der Waals surface area contributed by atoms with Gasteiger partial charge in [-0.3, -0.25) is 4.79 Å². The molecule has 1 aliphatic carbocycles. The highest BCUT2D eigenvalue weighted by Gasteiger charge is 2.21. The predicted molar refractivity (Wildman–Crippen MR) is 68.7 cm³/mol. The van der Waals surface area contributed by atoms with Crippen LogP contribution in [0, 0.1) is 0 Å². The van der Waals surface area contributed by atoms with Gasteiger partial charge in [-0.1, -0.05) is 24.6 Å². The second-order valence-corrected chi connectivity index (χ2v) is 4.77. The van der Waals surface area contributed by atoms with Crippen molar-refractivity contribution in [1.82, 2.24) is 0 Å². The van der Waals surface area contributed by atoms with E-state index >= 15 is 0 Å². The minimum absolute atomic E-state index is 0.0197. The Hall–Kier alpha value is -1.64. The fourth-order valence-corrected chi connectivity index (χ4v) is 2.37. The summed E-state index contributed by atoms with van der Waals surface area (Å²) in [5.74, 6) is -0.473. The first-order chi connectivity index (χ1) is 8.68. The summed E-state index contributed by atoms with van der Waals surface area (Å²) >= 11 is 0. The van der Waals surface area contributed by atoms with E-state index < -0.39 is 0 Å². The third kappa shape index (κ3) is 2.97. The van der Waals surface area contributed by atoms with Crippen molar-refractivity contribution in [2.75, 3.05) is 0 Å². The van der Waals surface area contributed by atoms with Crippen LogP contribution in [0.1, 0.15) is 59.7 Å². The van der Waals surface area contributed by atoms with Gasteiger partial charge in [0.15, 0.2) is 5.78 Å². The summed E-state index contributed by atoms with van der Waals surface area (Å²) in [4.78, 5) is 23.5. The molecule has 96 valence electrons. The zero-order valence-electron chi connectivity index (χ0n) is 10.6. The lowest BCUT2D eigenvalue weighted by Crippen LogP contribution is -2.22. The van der Waals surface area contributed by atoms with Crippen LogP contribution >= 0.6 is 0 Å². The largest absolute Gasteiger partial charge is 0.459 e. The van der Waals surface area contributed by atoms with Crippen molar-refractivity contribution in [3.63, 3.8) is 0 Å². The number of benzene rings is 1. The smallest absolute Gasteiger partial charge is 0.339 e. The molecule has 0 unspecified atom stereocenters. The minimum Gasteiger partial charge on any atom is -0.459 e. The van der Waals surface area contributed by atoms with Crippen LogP contribution in [0.15, 0.2) is 24.3 Å². The monoisotopic (exact) mass is 246 g/mol. The molecule has 1 aromatic carbocycles. The zero-order valence-corrected chi connectivity index (χ0v) is 10.6. The van der Waals surface area contributed by atoms with Crippen molar-refractivity contribution >= 4 is 11.8 Å². The molecule has 0 atom stereocenters. The van der Waals surface area contributed by atoms with Gasteiger partial charge in [-0.2, -0.15) is 0 Å². The molecular weight excluding hydrogens is 228 g/mol. The Morgan fingerprint density at radius 1 is 1.06 bits per heavy atom. The molecule has 0 radical (unpaired) electrons. The molecule has 18 heavy (non-hydrogen) atoms. The van der Waals surface area contributed by atoms with Crippen LogP contribution in [-0.4, -0.2) is 17.9 Å². The van der Waals surface area contributed by atoms with E-state index in [4.69, 9.17) is 4.74 Å². The highest BCUT2D eigenvalue weighted by molar-refractivity contribution is 6.05. The quantitative estimate of drug-likeness (QED) is 0.606. The second-order valence-electron chi connectivity index (χ2n) is 4.77. The summed E-state index contributed by atoms with van der Waals surface area (Å²) in [5, 5.41) is 0. The van der Waals surface area contributed by atoms with Crippen molar-refractivity contribution in [3.05, 3.63) is 35.4 Å². The van der Waals surface area contributed by atoms with Crippen molar-refractivity contribution in [2.24, 2.45) is 0 Å². The average molecular weight is 246 g/mol. The van der Waals surface area contributed by atoms with Gasteiger partial charge in [0.1, 0.15) is 6.10 Å². The summed E-state index contributed by atoms with van der Waals surface area (Å²) in [6.45, 7) is 1.47. The lowest BCUT2D eigenvalue weighted by atomic mass is 9.97. The lowest BCUT2D eigenvalue weighted by molar-refractivity contribution is 0.0209. The number of hydrogen-bond acceptors (Lipinski definition) is 3. The molecule has 1 fully saturated rings. The van der Waals surface area contributed by atoms with Gasteiger partial charge in [-0.25, -0.2) is 4.79 Å². The van der Waals surface area contributed by atoms with Crippen molar-refractivity contribution in [1.29, 1.82) is 0 Å². The predicted octanol–water partition coefficient (Wildman–Crippen LogP) is 3.38. The van der Waals surface area contributed by atoms with Gasteiger partial charge in [0.05, 0.1) is 5.56 Å². The second kappa shape index (κ2) is 5.80. The normalized spacial score (nSPS) is 16.3. The molecule has 0 saturated heterocycles. The van der Waals surface area contributed by atoms with Crippen LogP contribution in [0.25, 0.3) is 0 Å². The Bertz CT molecular complexity index is 445. The fraction of sp³-hybridized carbons (Fsp3) is 0.467. The molecule has 0 heterocycles. The van der Waals surface area contributed by atoms with Gasteiger partial charge in [-0.05, 0) is 38.7 Å². The molecule has 1 saturated carbocycles. The summed E-state index contributed by atoms with van der Waals surface area (Å²) < 4.78 is 5.48. The van der Waals surface area contributed by atoms with Crippen molar-refractivity contribution < 1.29 is 14.3 Å². The Kier molecular flexibility index (Phi) is 4.13. The van der Waals surface area contributed by atoms with E-state index in [0.717, 1.165) is 25.7 Å². The number of esters is 1. The lowest BCUT2D eigenvalue weighted by Gasteiger charge is -2.22. The van der Waals surface area contributed by atoms with Crippen LogP contribution in [0.5, 0.6) is 0 Å². The summed E-state index contributed by atoms with van der Waals surface area (Å²) in [7, 11) is 0. The Morgan fingerprint density at radius 2 is 1.67 bits per heavy atom. The van der Waals surface area contributed by atoms with Gasteiger partial charge in [0.25, 0.3) is 0 Å². The number of ether oxygens (including phenoxy) is 1. The van der Waals surface area contributed by atoms with E-state index in [0.29, 0.717) is 11.1 Å². The maximum atomic E-state index is 12.1. The van der Waals surface area contributed by atoms with Gasteiger partial charge in [-0.15, -0.1) is 0 Å². The van der Waals surface area contributed by atoms with Gasteiger partial charge in [0, 0.05) is 5.56 Å².